The van der Waals surface area contributed by atoms with Gasteiger partial charge in [0, 0.05) is 12.1 Å². The number of aromatic nitrogens is 5. The van der Waals surface area contributed by atoms with Crippen molar-refractivity contribution in [3.8, 4) is 11.4 Å². The van der Waals surface area contributed by atoms with Gasteiger partial charge in [0.25, 0.3) is 0 Å². The number of rotatable bonds is 6. The van der Waals surface area contributed by atoms with Gasteiger partial charge in [0.05, 0.1) is 5.75 Å². The number of anilines is 1. The second-order valence-electron chi connectivity index (χ2n) is 6.96. The predicted molar refractivity (Wildman–Crippen MR) is 109 cm³/mol. The smallest absolute Gasteiger partial charge is 0.236 e. The lowest BCUT2D eigenvalue weighted by atomic mass is 9.87. The first kappa shape index (κ1) is 19.5. The number of benzene rings is 1. The van der Waals surface area contributed by atoms with Crippen LogP contribution in [0.2, 0.25) is 0 Å². The fraction of sp³-hybridized carbons (Fsp3) is 0.389. The standard InChI is InChI=1S/C18H22N6OS2/c1-5-24-15(12-6-8-13(9-7-12)18(2,3)4)21-23-17(24)26-10-14(25)20-16-22-19-11-27-16/h6-9,11H,5,10H2,1-4H3,(H,20,22,25). The Balaban J connectivity index is 1.72. The van der Waals surface area contributed by atoms with Crippen LogP contribution in [0.1, 0.15) is 33.3 Å². The van der Waals surface area contributed by atoms with Gasteiger partial charge >= 0.3 is 0 Å². The summed E-state index contributed by atoms with van der Waals surface area (Å²) in [5, 5.41) is 20.1. The maximum absolute atomic E-state index is 12.0. The Bertz CT molecular complexity index is 897. The Morgan fingerprint density at radius 1 is 1.19 bits per heavy atom. The van der Waals surface area contributed by atoms with Gasteiger partial charge < -0.3 is 4.57 Å². The maximum Gasteiger partial charge on any atom is 0.236 e. The van der Waals surface area contributed by atoms with Crippen molar-refractivity contribution < 1.29 is 4.79 Å². The number of thioether (sulfide) groups is 1. The van der Waals surface area contributed by atoms with Crippen molar-refractivity contribution in [2.75, 3.05) is 11.1 Å². The highest BCUT2D eigenvalue weighted by Crippen LogP contribution is 2.27. The van der Waals surface area contributed by atoms with Crippen LogP contribution in [0, 0.1) is 0 Å². The third kappa shape index (κ3) is 4.72. The molecule has 0 fully saturated rings. The zero-order valence-corrected chi connectivity index (χ0v) is 17.4. The van der Waals surface area contributed by atoms with Crippen LogP contribution in [-0.4, -0.2) is 36.6 Å². The molecule has 2 heterocycles. The average Bonchev–Trinajstić information content (AvgIpc) is 3.28. The van der Waals surface area contributed by atoms with Gasteiger partial charge in [0.1, 0.15) is 5.51 Å². The Kier molecular flexibility index (Phi) is 5.91. The van der Waals surface area contributed by atoms with Crippen molar-refractivity contribution in [1.82, 2.24) is 25.0 Å². The van der Waals surface area contributed by atoms with Crippen LogP contribution >= 0.6 is 23.1 Å². The molecule has 0 unspecified atom stereocenters. The number of amides is 1. The summed E-state index contributed by atoms with van der Waals surface area (Å²) < 4.78 is 2.02. The Morgan fingerprint density at radius 3 is 2.52 bits per heavy atom. The van der Waals surface area contributed by atoms with Gasteiger partial charge in [-0.1, -0.05) is 68.1 Å². The maximum atomic E-state index is 12.0. The van der Waals surface area contributed by atoms with Crippen LogP contribution in [0.4, 0.5) is 5.13 Å². The molecule has 0 aliphatic carbocycles. The lowest BCUT2D eigenvalue weighted by molar-refractivity contribution is -0.113. The van der Waals surface area contributed by atoms with Crippen molar-refractivity contribution in [1.29, 1.82) is 0 Å². The summed E-state index contributed by atoms with van der Waals surface area (Å²) in [6.07, 6.45) is 0. The molecule has 0 atom stereocenters. The van der Waals surface area contributed by atoms with Crippen LogP contribution < -0.4 is 5.32 Å². The molecule has 0 spiro atoms. The SMILES string of the molecule is CCn1c(SCC(=O)Nc2nncs2)nnc1-c1ccc(C(C)(C)C)cc1. The van der Waals surface area contributed by atoms with E-state index in [1.807, 2.05) is 11.5 Å². The molecule has 0 saturated heterocycles. The summed E-state index contributed by atoms with van der Waals surface area (Å²) in [4.78, 5) is 12.0. The molecular weight excluding hydrogens is 380 g/mol. The molecule has 3 rings (SSSR count). The molecule has 2 aromatic heterocycles. The second-order valence-corrected chi connectivity index (χ2v) is 8.73. The number of nitrogens with zero attached hydrogens (tertiary/aromatic N) is 5. The van der Waals surface area contributed by atoms with E-state index in [0.717, 1.165) is 23.1 Å². The lowest BCUT2D eigenvalue weighted by Gasteiger charge is -2.19. The van der Waals surface area contributed by atoms with E-state index in [2.05, 4.69) is 70.7 Å². The van der Waals surface area contributed by atoms with Crippen molar-refractivity contribution in [3.05, 3.63) is 35.3 Å². The number of carbonyl (C=O) groups is 1. The summed E-state index contributed by atoms with van der Waals surface area (Å²) in [5.41, 5.74) is 3.98. The summed E-state index contributed by atoms with van der Waals surface area (Å²) in [6.45, 7) is 9.35. The first-order valence-electron chi connectivity index (χ1n) is 8.61. The third-order valence-corrected chi connectivity index (χ3v) is 5.55. The molecule has 1 amide bonds. The van der Waals surface area contributed by atoms with E-state index in [-0.39, 0.29) is 17.1 Å². The van der Waals surface area contributed by atoms with Gasteiger partial charge in [-0.2, -0.15) is 0 Å². The normalized spacial score (nSPS) is 11.6. The average molecular weight is 403 g/mol. The minimum atomic E-state index is -0.140. The molecule has 0 bridgehead atoms. The third-order valence-electron chi connectivity index (χ3n) is 3.98. The molecule has 142 valence electrons. The van der Waals surface area contributed by atoms with Gasteiger partial charge in [-0.15, -0.1) is 20.4 Å². The van der Waals surface area contributed by atoms with Gasteiger partial charge in [-0.05, 0) is 17.9 Å². The minimum Gasteiger partial charge on any atom is -0.302 e. The van der Waals surface area contributed by atoms with Gasteiger partial charge in [0.15, 0.2) is 11.0 Å². The highest BCUT2D eigenvalue weighted by molar-refractivity contribution is 7.99. The highest BCUT2D eigenvalue weighted by Gasteiger charge is 2.17. The zero-order chi connectivity index (χ0) is 19.4. The molecule has 7 nitrogen and oxygen atoms in total. The summed E-state index contributed by atoms with van der Waals surface area (Å²) in [5.74, 6) is 0.907. The molecule has 0 aliphatic heterocycles. The first-order valence-corrected chi connectivity index (χ1v) is 10.5. The van der Waals surface area contributed by atoms with Crippen LogP contribution in [0.3, 0.4) is 0 Å². The number of hydrogen-bond acceptors (Lipinski definition) is 7. The molecule has 3 aromatic rings. The molecule has 0 saturated carbocycles. The second kappa shape index (κ2) is 8.18. The van der Waals surface area contributed by atoms with E-state index < -0.39 is 0 Å². The van der Waals surface area contributed by atoms with Gasteiger partial charge in [-0.25, -0.2) is 0 Å². The van der Waals surface area contributed by atoms with E-state index in [1.165, 1.54) is 28.7 Å². The Labute approximate surface area is 166 Å². The topological polar surface area (TPSA) is 85.6 Å². The van der Waals surface area contributed by atoms with Crippen molar-refractivity contribution in [2.45, 2.75) is 44.8 Å². The van der Waals surface area contributed by atoms with Crippen LogP contribution in [-0.2, 0) is 16.8 Å². The van der Waals surface area contributed by atoms with E-state index in [0.29, 0.717) is 5.13 Å². The quantitative estimate of drug-likeness (QED) is 0.631. The van der Waals surface area contributed by atoms with E-state index >= 15 is 0 Å². The van der Waals surface area contributed by atoms with Crippen LogP contribution in [0.15, 0.2) is 34.9 Å². The van der Waals surface area contributed by atoms with E-state index in [4.69, 9.17) is 0 Å². The van der Waals surface area contributed by atoms with Crippen molar-refractivity contribution in [3.63, 3.8) is 0 Å². The fourth-order valence-corrected chi connectivity index (χ4v) is 3.79. The fourth-order valence-electron chi connectivity index (χ4n) is 2.53. The Hall–Kier alpha value is -2.26. The molecular formula is C18H22N6OS2. The van der Waals surface area contributed by atoms with E-state index in [9.17, 15) is 4.79 Å². The summed E-state index contributed by atoms with van der Waals surface area (Å²) in [7, 11) is 0. The molecule has 1 aromatic carbocycles. The Morgan fingerprint density at radius 2 is 1.93 bits per heavy atom. The molecule has 27 heavy (non-hydrogen) atoms. The van der Waals surface area contributed by atoms with Crippen molar-refractivity contribution in [2.24, 2.45) is 0 Å². The largest absolute Gasteiger partial charge is 0.302 e. The molecule has 9 heteroatoms. The number of nitrogens with one attached hydrogen (secondary N) is 1. The predicted octanol–water partition coefficient (Wildman–Crippen LogP) is 3.84. The lowest BCUT2D eigenvalue weighted by Crippen LogP contribution is -2.14. The monoisotopic (exact) mass is 402 g/mol. The first-order chi connectivity index (χ1) is 12.9. The van der Waals surface area contributed by atoms with E-state index in [1.54, 1.807) is 5.51 Å². The van der Waals surface area contributed by atoms with Gasteiger partial charge in [0.2, 0.25) is 11.0 Å². The highest BCUT2D eigenvalue weighted by atomic mass is 32.2. The van der Waals surface area contributed by atoms with Crippen molar-refractivity contribution >= 4 is 34.1 Å². The summed E-state index contributed by atoms with van der Waals surface area (Å²) in [6, 6.07) is 8.42. The molecule has 0 radical (unpaired) electrons. The number of carbonyl (C=O) groups excluding carboxylic acids is 1. The van der Waals surface area contributed by atoms with Crippen LogP contribution in [0.5, 0.6) is 0 Å². The van der Waals surface area contributed by atoms with Crippen LogP contribution in [0.25, 0.3) is 11.4 Å². The number of hydrogen-bond donors (Lipinski definition) is 1. The zero-order valence-electron chi connectivity index (χ0n) is 15.8. The minimum absolute atomic E-state index is 0.109. The molecule has 1 N–H and O–H groups in total. The molecule has 0 aliphatic rings. The summed E-state index contributed by atoms with van der Waals surface area (Å²) >= 11 is 2.65. The van der Waals surface area contributed by atoms with Gasteiger partial charge in [-0.3, -0.25) is 10.1 Å².